The molecule has 0 aliphatic carbocycles. The Hall–Kier alpha value is -2.17. The summed E-state index contributed by atoms with van der Waals surface area (Å²) in [6, 6.07) is 4.74. The zero-order valence-corrected chi connectivity index (χ0v) is 8.94. The van der Waals surface area contributed by atoms with Gasteiger partial charge >= 0.3 is 0 Å². The number of aromatic nitrogens is 3. The third-order valence-corrected chi connectivity index (χ3v) is 2.20. The van der Waals surface area contributed by atoms with Gasteiger partial charge in [0.15, 0.2) is 0 Å². The van der Waals surface area contributed by atoms with Crippen molar-refractivity contribution in [3.05, 3.63) is 35.4 Å². The van der Waals surface area contributed by atoms with Gasteiger partial charge in [0.05, 0.1) is 17.4 Å². The summed E-state index contributed by atoms with van der Waals surface area (Å²) in [6.07, 6.45) is 0. The summed E-state index contributed by atoms with van der Waals surface area (Å²) in [5, 5.41) is 10.7. The Labute approximate surface area is 92.2 Å². The van der Waals surface area contributed by atoms with Crippen molar-refractivity contribution in [2.45, 2.75) is 13.8 Å². The molecule has 0 unspecified atom stereocenters. The van der Waals surface area contributed by atoms with Crippen LogP contribution in [0.4, 0.5) is 0 Å². The van der Waals surface area contributed by atoms with Gasteiger partial charge in [-0.2, -0.15) is 0 Å². The Kier molecular flexibility index (Phi) is 2.44. The summed E-state index contributed by atoms with van der Waals surface area (Å²) < 4.78 is 0. The fourth-order valence-corrected chi connectivity index (χ4v) is 1.54. The normalized spacial score (nSPS) is 10.4. The average Bonchev–Trinajstić information content (AvgIpc) is 2.58. The van der Waals surface area contributed by atoms with Crippen molar-refractivity contribution in [2.75, 3.05) is 0 Å². The molecule has 5 nitrogen and oxygen atoms in total. The molecule has 2 rings (SSSR count). The molecule has 0 bridgehead atoms. The zero-order valence-electron chi connectivity index (χ0n) is 8.94. The third kappa shape index (κ3) is 1.79. The highest BCUT2D eigenvalue weighted by Crippen LogP contribution is 2.18. The van der Waals surface area contributed by atoms with Gasteiger partial charge in [0, 0.05) is 5.69 Å². The number of carbonyl (C=O) groups is 1. The average molecular weight is 216 g/mol. The molecule has 2 aromatic heterocycles. The van der Waals surface area contributed by atoms with Crippen molar-refractivity contribution in [2.24, 2.45) is 0 Å². The maximum Gasteiger partial charge on any atom is 0.110 e. The van der Waals surface area contributed by atoms with Crippen molar-refractivity contribution in [3.63, 3.8) is 0 Å². The van der Waals surface area contributed by atoms with Crippen molar-refractivity contribution in [3.8, 4) is 11.4 Å². The Morgan fingerprint density at radius 1 is 1.31 bits per heavy atom. The van der Waals surface area contributed by atoms with Crippen LogP contribution in [0, 0.1) is 13.8 Å². The summed E-state index contributed by atoms with van der Waals surface area (Å²) >= 11 is 0. The second-order valence-corrected chi connectivity index (χ2v) is 3.49. The molecule has 2 heterocycles. The van der Waals surface area contributed by atoms with E-state index >= 15 is 0 Å². The van der Waals surface area contributed by atoms with E-state index in [0.717, 1.165) is 11.5 Å². The first kappa shape index (κ1) is 10.4. The SMILES string of the molecule is Cc1nc(-c2cccc(C(=O)[O-])n2)c(C)[nH]1. The second kappa shape index (κ2) is 3.77. The summed E-state index contributed by atoms with van der Waals surface area (Å²) in [6.45, 7) is 3.70. The number of carbonyl (C=O) groups excluding carboxylic acids is 1. The molecule has 0 radical (unpaired) electrons. The van der Waals surface area contributed by atoms with Gasteiger partial charge in [-0.25, -0.2) is 9.97 Å². The number of aromatic carboxylic acids is 1. The minimum absolute atomic E-state index is 0.0856. The van der Waals surface area contributed by atoms with Crippen LogP contribution in [0.5, 0.6) is 0 Å². The van der Waals surface area contributed by atoms with Gasteiger partial charge < -0.3 is 14.9 Å². The fourth-order valence-electron chi connectivity index (χ4n) is 1.54. The number of nitrogens with zero attached hydrogens (tertiary/aromatic N) is 2. The molecule has 0 saturated heterocycles. The lowest BCUT2D eigenvalue weighted by atomic mass is 10.2. The van der Waals surface area contributed by atoms with Crippen LogP contribution in [0.15, 0.2) is 18.2 Å². The van der Waals surface area contributed by atoms with E-state index < -0.39 is 5.97 Å². The van der Waals surface area contributed by atoms with E-state index in [4.69, 9.17) is 0 Å². The van der Waals surface area contributed by atoms with Crippen molar-refractivity contribution in [1.82, 2.24) is 15.0 Å². The molecular weight excluding hydrogens is 206 g/mol. The van der Waals surface area contributed by atoms with E-state index in [2.05, 4.69) is 15.0 Å². The number of carboxylic acid groups (broad SMARTS) is 1. The first-order chi connectivity index (χ1) is 7.58. The van der Waals surface area contributed by atoms with Crippen LogP contribution in [0.1, 0.15) is 22.0 Å². The molecule has 5 heteroatoms. The molecule has 82 valence electrons. The first-order valence-electron chi connectivity index (χ1n) is 4.80. The van der Waals surface area contributed by atoms with E-state index in [0.29, 0.717) is 11.4 Å². The number of H-pyrrole nitrogens is 1. The van der Waals surface area contributed by atoms with Crippen LogP contribution < -0.4 is 5.11 Å². The largest absolute Gasteiger partial charge is 0.543 e. The third-order valence-electron chi connectivity index (χ3n) is 2.20. The van der Waals surface area contributed by atoms with Crippen LogP contribution >= 0.6 is 0 Å². The van der Waals surface area contributed by atoms with Gasteiger partial charge in [0.25, 0.3) is 0 Å². The van der Waals surface area contributed by atoms with E-state index in [9.17, 15) is 9.90 Å². The molecule has 0 aliphatic heterocycles. The number of hydrogen-bond donors (Lipinski definition) is 1. The van der Waals surface area contributed by atoms with Crippen molar-refractivity contribution < 1.29 is 9.90 Å². The van der Waals surface area contributed by atoms with Crippen LogP contribution in [-0.2, 0) is 0 Å². The van der Waals surface area contributed by atoms with E-state index in [1.54, 1.807) is 12.1 Å². The van der Waals surface area contributed by atoms with Crippen LogP contribution in [0.3, 0.4) is 0 Å². The standard InChI is InChI=1S/C11H11N3O2/c1-6-10(13-7(2)12-6)8-4-3-5-9(14-8)11(15)16/h3-5H,1-2H3,(H,12,13)(H,15,16)/p-1. The smallest absolute Gasteiger partial charge is 0.110 e. The minimum atomic E-state index is -1.29. The lowest BCUT2D eigenvalue weighted by molar-refractivity contribution is -0.255. The molecule has 0 fully saturated rings. The summed E-state index contributed by atoms with van der Waals surface area (Å²) in [4.78, 5) is 21.9. The number of carboxylic acids is 1. The van der Waals surface area contributed by atoms with E-state index in [-0.39, 0.29) is 5.69 Å². The lowest BCUT2D eigenvalue weighted by Gasteiger charge is -2.03. The topological polar surface area (TPSA) is 81.7 Å². The molecule has 1 N–H and O–H groups in total. The van der Waals surface area contributed by atoms with Crippen molar-refractivity contribution >= 4 is 5.97 Å². The van der Waals surface area contributed by atoms with Gasteiger partial charge in [-0.1, -0.05) is 6.07 Å². The maximum atomic E-state index is 10.7. The molecule has 2 aromatic rings. The Morgan fingerprint density at radius 2 is 2.06 bits per heavy atom. The number of aromatic amines is 1. The number of nitrogens with one attached hydrogen (secondary N) is 1. The summed E-state index contributed by atoms with van der Waals surface area (Å²) in [7, 11) is 0. The van der Waals surface area contributed by atoms with Gasteiger partial charge in [0.2, 0.25) is 0 Å². The molecule has 16 heavy (non-hydrogen) atoms. The Bertz CT molecular complexity index is 546. The quantitative estimate of drug-likeness (QED) is 0.790. The predicted octanol–water partition coefficient (Wildman–Crippen LogP) is 0.452. The molecular formula is C11H10N3O2-. The molecule has 0 aromatic carbocycles. The summed E-state index contributed by atoms with van der Waals surface area (Å²) in [5.41, 5.74) is 1.97. The van der Waals surface area contributed by atoms with Gasteiger partial charge in [-0.15, -0.1) is 0 Å². The van der Waals surface area contributed by atoms with Crippen LogP contribution in [0.2, 0.25) is 0 Å². The molecule has 0 aliphatic rings. The Morgan fingerprint density at radius 3 is 2.62 bits per heavy atom. The fraction of sp³-hybridized carbons (Fsp3) is 0.182. The lowest BCUT2D eigenvalue weighted by Crippen LogP contribution is -2.23. The number of pyridine rings is 1. The van der Waals surface area contributed by atoms with Gasteiger partial charge in [0.1, 0.15) is 11.5 Å². The molecule has 0 amide bonds. The van der Waals surface area contributed by atoms with Crippen LogP contribution in [0.25, 0.3) is 11.4 Å². The highest BCUT2D eigenvalue weighted by Gasteiger charge is 2.08. The van der Waals surface area contributed by atoms with E-state index in [1.807, 2.05) is 13.8 Å². The number of rotatable bonds is 2. The van der Waals surface area contributed by atoms with Crippen molar-refractivity contribution in [1.29, 1.82) is 0 Å². The maximum absolute atomic E-state index is 10.7. The monoisotopic (exact) mass is 216 g/mol. The number of imidazole rings is 1. The Balaban J connectivity index is 2.52. The number of hydrogen-bond acceptors (Lipinski definition) is 4. The molecule has 0 spiro atoms. The van der Waals surface area contributed by atoms with Crippen LogP contribution in [-0.4, -0.2) is 20.9 Å². The second-order valence-electron chi connectivity index (χ2n) is 3.49. The highest BCUT2D eigenvalue weighted by molar-refractivity contribution is 5.84. The predicted molar refractivity (Wildman–Crippen MR) is 55.6 cm³/mol. The van der Waals surface area contributed by atoms with Gasteiger partial charge in [-0.05, 0) is 26.0 Å². The van der Waals surface area contributed by atoms with Gasteiger partial charge in [-0.3, -0.25) is 0 Å². The highest BCUT2D eigenvalue weighted by atomic mass is 16.4. The zero-order chi connectivity index (χ0) is 11.7. The van der Waals surface area contributed by atoms with E-state index in [1.165, 1.54) is 6.07 Å². The molecule has 0 saturated carbocycles. The number of aryl methyl sites for hydroxylation is 2. The first-order valence-corrected chi connectivity index (χ1v) is 4.80. The minimum Gasteiger partial charge on any atom is -0.543 e. The summed E-state index contributed by atoms with van der Waals surface area (Å²) in [5.74, 6) is -0.514. The molecule has 0 atom stereocenters.